The topological polar surface area (TPSA) is 49.9 Å². The Morgan fingerprint density at radius 1 is 1.19 bits per heavy atom. The van der Waals surface area contributed by atoms with Gasteiger partial charge < -0.3 is 14.5 Å². The molecule has 27 heavy (non-hydrogen) atoms. The molecule has 148 valence electrons. The van der Waals surface area contributed by atoms with E-state index in [0.29, 0.717) is 31.8 Å². The molecule has 1 aromatic rings. The number of hydrogen-bond donors (Lipinski definition) is 0. The molecule has 2 aliphatic heterocycles. The third-order valence-corrected chi connectivity index (χ3v) is 5.95. The molecule has 1 atom stereocenters. The molecule has 5 nitrogen and oxygen atoms in total. The average Bonchev–Trinajstić information content (AvgIpc) is 2.72. The lowest BCUT2D eigenvalue weighted by Gasteiger charge is -2.34. The first-order valence-corrected chi connectivity index (χ1v) is 10.3. The molecule has 0 radical (unpaired) electrons. The Morgan fingerprint density at radius 3 is 2.67 bits per heavy atom. The summed E-state index contributed by atoms with van der Waals surface area (Å²) in [4.78, 5) is 28.9. The minimum Gasteiger partial charge on any atom is -0.381 e. The number of hydrogen-bond acceptors (Lipinski definition) is 3. The lowest BCUT2D eigenvalue weighted by Crippen LogP contribution is -2.47. The van der Waals surface area contributed by atoms with Gasteiger partial charge in [0.15, 0.2) is 0 Å². The van der Waals surface area contributed by atoms with Crippen LogP contribution in [0.5, 0.6) is 0 Å². The molecule has 0 aromatic heterocycles. The van der Waals surface area contributed by atoms with Gasteiger partial charge in [-0.1, -0.05) is 30.3 Å². The van der Waals surface area contributed by atoms with Crippen molar-refractivity contribution in [3.63, 3.8) is 0 Å². The van der Waals surface area contributed by atoms with E-state index < -0.39 is 0 Å². The van der Waals surface area contributed by atoms with Crippen LogP contribution in [-0.2, 0) is 20.7 Å². The van der Waals surface area contributed by atoms with E-state index in [1.54, 1.807) is 0 Å². The molecule has 0 N–H and O–H groups in total. The maximum Gasteiger partial charge on any atom is 0.227 e. The van der Waals surface area contributed by atoms with Crippen molar-refractivity contribution in [1.82, 2.24) is 9.80 Å². The van der Waals surface area contributed by atoms with Crippen LogP contribution in [0.15, 0.2) is 30.3 Å². The van der Waals surface area contributed by atoms with Crippen molar-refractivity contribution in [2.24, 2.45) is 11.8 Å². The summed E-state index contributed by atoms with van der Waals surface area (Å²) in [5, 5.41) is 0. The fraction of sp³-hybridized carbons (Fsp3) is 0.636. The molecule has 2 fully saturated rings. The molecule has 2 saturated heterocycles. The molecule has 3 rings (SSSR count). The van der Waals surface area contributed by atoms with Crippen LogP contribution in [-0.4, -0.2) is 61.5 Å². The SMILES string of the molecule is CN(CCC1CCOCC1)C(=O)[C@@H]1CCC(=O)N(CCc2ccccc2)C1. The summed E-state index contributed by atoms with van der Waals surface area (Å²) in [5.41, 5.74) is 1.23. The Balaban J connectivity index is 1.46. The lowest BCUT2D eigenvalue weighted by molar-refractivity contribution is -0.142. The van der Waals surface area contributed by atoms with E-state index >= 15 is 0 Å². The van der Waals surface area contributed by atoms with Crippen LogP contribution in [0, 0.1) is 11.8 Å². The zero-order valence-corrected chi connectivity index (χ0v) is 16.4. The number of ether oxygens (including phenoxy) is 1. The lowest BCUT2D eigenvalue weighted by atomic mass is 9.94. The molecule has 0 spiro atoms. The smallest absolute Gasteiger partial charge is 0.227 e. The summed E-state index contributed by atoms with van der Waals surface area (Å²) < 4.78 is 5.41. The van der Waals surface area contributed by atoms with E-state index in [2.05, 4.69) is 12.1 Å². The highest BCUT2D eigenvalue weighted by atomic mass is 16.5. The summed E-state index contributed by atoms with van der Waals surface area (Å²) in [5.74, 6) is 0.988. The molecular weight excluding hydrogens is 340 g/mol. The molecule has 5 heteroatoms. The fourth-order valence-corrected chi connectivity index (χ4v) is 4.07. The van der Waals surface area contributed by atoms with Crippen LogP contribution in [0.25, 0.3) is 0 Å². The summed E-state index contributed by atoms with van der Waals surface area (Å²) in [7, 11) is 1.91. The van der Waals surface area contributed by atoms with Crippen molar-refractivity contribution in [3.8, 4) is 0 Å². The van der Waals surface area contributed by atoms with Gasteiger partial charge in [-0.2, -0.15) is 0 Å². The van der Waals surface area contributed by atoms with E-state index in [1.165, 1.54) is 5.56 Å². The van der Waals surface area contributed by atoms with Gasteiger partial charge >= 0.3 is 0 Å². The molecule has 0 aliphatic carbocycles. The van der Waals surface area contributed by atoms with E-state index in [1.807, 2.05) is 35.0 Å². The van der Waals surface area contributed by atoms with Gasteiger partial charge in [0, 0.05) is 46.3 Å². The first kappa shape index (κ1) is 19.9. The second kappa shape index (κ2) is 9.88. The number of nitrogens with zero attached hydrogens (tertiary/aromatic N) is 2. The zero-order valence-electron chi connectivity index (χ0n) is 16.4. The minimum atomic E-state index is -0.0573. The van der Waals surface area contributed by atoms with Gasteiger partial charge in [0.2, 0.25) is 11.8 Å². The Morgan fingerprint density at radius 2 is 1.93 bits per heavy atom. The Kier molecular flexibility index (Phi) is 7.27. The van der Waals surface area contributed by atoms with E-state index in [4.69, 9.17) is 4.74 Å². The van der Waals surface area contributed by atoms with E-state index in [-0.39, 0.29) is 17.7 Å². The fourth-order valence-electron chi connectivity index (χ4n) is 4.07. The third-order valence-electron chi connectivity index (χ3n) is 5.95. The highest BCUT2D eigenvalue weighted by Crippen LogP contribution is 2.22. The number of rotatable bonds is 7. The summed E-state index contributed by atoms with van der Waals surface area (Å²) in [6.07, 6.45) is 5.27. The normalized spacial score (nSPS) is 21.3. The monoisotopic (exact) mass is 372 g/mol. The molecule has 1 aromatic carbocycles. The summed E-state index contributed by atoms with van der Waals surface area (Å²) in [6.45, 7) is 3.76. The predicted molar refractivity (Wildman–Crippen MR) is 105 cm³/mol. The predicted octanol–water partition coefficient (Wildman–Crippen LogP) is 2.74. The highest BCUT2D eigenvalue weighted by Gasteiger charge is 2.31. The average molecular weight is 373 g/mol. The van der Waals surface area contributed by atoms with Crippen molar-refractivity contribution in [3.05, 3.63) is 35.9 Å². The van der Waals surface area contributed by atoms with Crippen LogP contribution >= 0.6 is 0 Å². The third kappa shape index (κ3) is 5.80. The second-order valence-electron chi connectivity index (χ2n) is 7.92. The molecule has 0 saturated carbocycles. The molecule has 2 heterocycles. The van der Waals surface area contributed by atoms with Gasteiger partial charge in [-0.05, 0) is 43.6 Å². The Bertz CT molecular complexity index is 613. The van der Waals surface area contributed by atoms with Gasteiger partial charge in [-0.3, -0.25) is 9.59 Å². The molecule has 2 aliphatic rings. The number of carbonyl (C=O) groups is 2. The van der Waals surface area contributed by atoms with Crippen LogP contribution in [0.4, 0.5) is 0 Å². The Labute approximate surface area is 162 Å². The van der Waals surface area contributed by atoms with Crippen molar-refractivity contribution < 1.29 is 14.3 Å². The molecule has 0 bridgehead atoms. The van der Waals surface area contributed by atoms with Gasteiger partial charge in [-0.25, -0.2) is 0 Å². The largest absolute Gasteiger partial charge is 0.381 e. The van der Waals surface area contributed by atoms with Gasteiger partial charge in [0.1, 0.15) is 0 Å². The van der Waals surface area contributed by atoms with Crippen LogP contribution in [0.3, 0.4) is 0 Å². The van der Waals surface area contributed by atoms with E-state index in [9.17, 15) is 9.59 Å². The van der Waals surface area contributed by atoms with Crippen molar-refractivity contribution in [2.45, 2.75) is 38.5 Å². The Hall–Kier alpha value is -1.88. The van der Waals surface area contributed by atoms with E-state index in [0.717, 1.165) is 45.4 Å². The maximum atomic E-state index is 12.9. The summed E-state index contributed by atoms with van der Waals surface area (Å²) in [6, 6.07) is 10.2. The number of benzene rings is 1. The first-order chi connectivity index (χ1) is 13.1. The standard InChI is InChI=1S/C22H32N2O3/c1-23(13-9-19-11-15-27-16-12-19)22(26)20-7-8-21(25)24(17-20)14-10-18-5-3-2-4-6-18/h2-6,19-20H,7-17H2,1H3/t20-/m1/s1. The number of piperidine rings is 1. The number of likely N-dealkylation sites (tertiary alicyclic amines) is 1. The maximum absolute atomic E-state index is 12.9. The molecule has 0 unspecified atom stereocenters. The molecule has 2 amide bonds. The number of carbonyl (C=O) groups excluding carboxylic acids is 2. The van der Waals surface area contributed by atoms with Gasteiger partial charge in [-0.15, -0.1) is 0 Å². The zero-order chi connectivity index (χ0) is 19.1. The van der Waals surface area contributed by atoms with Crippen LogP contribution < -0.4 is 0 Å². The minimum absolute atomic E-state index is 0.0573. The van der Waals surface area contributed by atoms with Gasteiger partial charge in [0.05, 0.1) is 5.92 Å². The van der Waals surface area contributed by atoms with Gasteiger partial charge in [0.25, 0.3) is 0 Å². The van der Waals surface area contributed by atoms with Crippen molar-refractivity contribution in [1.29, 1.82) is 0 Å². The number of amides is 2. The van der Waals surface area contributed by atoms with Crippen molar-refractivity contribution in [2.75, 3.05) is 39.9 Å². The second-order valence-corrected chi connectivity index (χ2v) is 7.92. The van der Waals surface area contributed by atoms with Crippen LogP contribution in [0.1, 0.15) is 37.7 Å². The summed E-state index contributed by atoms with van der Waals surface area (Å²) >= 11 is 0. The molecular formula is C22H32N2O3. The quantitative estimate of drug-likeness (QED) is 0.739. The van der Waals surface area contributed by atoms with Crippen molar-refractivity contribution >= 4 is 11.8 Å². The first-order valence-electron chi connectivity index (χ1n) is 10.3. The highest BCUT2D eigenvalue weighted by molar-refractivity contribution is 5.83. The van der Waals surface area contributed by atoms with Crippen LogP contribution in [0.2, 0.25) is 0 Å².